The number of nitrogens with zero attached hydrogens (tertiary/aromatic N) is 2. The van der Waals surface area contributed by atoms with Crippen LogP contribution in [0.25, 0.3) is 23.1 Å². The fraction of sp³-hybridized carbons (Fsp3) is 0. The van der Waals surface area contributed by atoms with Gasteiger partial charge in [0.15, 0.2) is 0 Å². The van der Waals surface area contributed by atoms with Crippen LogP contribution in [0.4, 0.5) is 0 Å². The molecular weight excluding hydrogens is 272 g/mol. The molecule has 0 spiro atoms. The van der Waals surface area contributed by atoms with Gasteiger partial charge in [0.1, 0.15) is 9.88 Å². The second kappa shape index (κ2) is 5.22. The molecule has 98 valence electrons. The molecule has 0 saturated carbocycles. The molecule has 1 aromatic carbocycles. The second-order valence-corrected chi connectivity index (χ2v) is 5.22. The highest BCUT2D eigenvalue weighted by atomic mass is 32.1. The lowest BCUT2D eigenvalue weighted by molar-refractivity contribution is 0.0702. The van der Waals surface area contributed by atoms with Crippen LogP contribution in [0.5, 0.6) is 0 Å². The van der Waals surface area contributed by atoms with Gasteiger partial charge >= 0.3 is 5.97 Å². The third-order valence-corrected chi connectivity index (χ3v) is 3.73. The van der Waals surface area contributed by atoms with E-state index >= 15 is 0 Å². The van der Waals surface area contributed by atoms with Crippen molar-refractivity contribution in [1.82, 2.24) is 9.97 Å². The first-order valence-corrected chi connectivity index (χ1v) is 6.76. The predicted molar refractivity (Wildman–Crippen MR) is 79.7 cm³/mol. The van der Waals surface area contributed by atoms with E-state index in [1.165, 1.54) is 6.20 Å². The molecule has 3 rings (SSSR count). The number of carboxylic acid groups (broad SMARTS) is 1. The van der Waals surface area contributed by atoms with Crippen LogP contribution in [0.2, 0.25) is 0 Å². The SMILES string of the molecule is O=C(O)c1cnc(/C=C/c2ccc3ncccc3c2)s1. The summed E-state index contributed by atoms with van der Waals surface area (Å²) in [6.07, 6.45) is 6.86. The van der Waals surface area contributed by atoms with Crippen LogP contribution in [0, 0.1) is 0 Å². The van der Waals surface area contributed by atoms with Crippen LogP contribution in [-0.2, 0) is 0 Å². The first-order chi connectivity index (χ1) is 9.72. The van der Waals surface area contributed by atoms with E-state index < -0.39 is 5.97 Å². The van der Waals surface area contributed by atoms with Gasteiger partial charge in [0.05, 0.1) is 11.7 Å². The Balaban J connectivity index is 1.87. The fourth-order valence-corrected chi connectivity index (χ4v) is 2.49. The molecule has 4 nitrogen and oxygen atoms in total. The third-order valence-electron chi connectivity index (χ3n) is 2.78. The predicted octanol–water partition coefficient (Wildman–Crippen LogP) is 3.56. The van der Waals surface area contributed by atoms with E-state index in [4.69, 9.17) is 5.11 Å². The molecule has 0 fully saturated rings. The van der Waals surface area contributed by atoms with E-state index in [2.05, 4.69) is 9.97 Å². The number of benzene rings is 1. The van der Waals surface area contributed by atoms with Crippen molar-refractivity contribution < 1.29 is 9.90 Å². The summed E-state index contributed by atoms with van der Waals surface area (Å²) in [6, 6.07) is 9.86. The molecule has 1 N–H and O–H groups in total. The molecule has 3 aromatic rings. The van der Waals surface area contributed by atoms with Crippen molar-refractivity contribution in [3.05, 3.63) is 58.2 Å². The largest absolute Gasteiger partial charge is 0.477 e. The van der Waals surface area contributed by atoms with Crippen molar-refractivity contribution in [3.8, 4) is 0 Å². The number of aromatic carboxylic acids is 1. The van der Waals surface area contributed by atoms with E-state index in [1.807, 2.05) is 42.5 Å². The highest BCUT2D eigenvalue weighted by molar-refractivity contribution is 7.14. The Kier molecular flexibility index (Phi) is 3.26. The zero-order valence-electron chi connectivity index (χ0n) is 10.4. The van der Waals surface area contributed by atoms with Crippen molar-refractivity contribution in [2.45, 2.75) is 0 Å². The van der Waals surface area contributed by atoms with Gasteiger partial charge in [-0.3, -0.25) is 4.98 Å². The number of pyridine rings is 1. The molecule has 20 heavy (non-hydrogen) atoms. The highest BCUT2D eigenvalue weighted by Gasteiger charge is 2.06. The molecule has 0 atom stereocenters. The van der Waals surface area contributed by atoms with E-state index in [0.29, 0.717) is 5.01 Å². The number of thiazole rings is 1. The fourth-order valence-electron chi connectivity index (χ4n) is 1.83. The number of fused-ring (bicyclic) bond motifs is 1. The van der Waals surface area contributed by atoms with Crippen LogP contribution in [0.3, 0.4) is 0 Å². The summed E-state index contributed by atoms with van der Waals surface area (Å²) in [5.74, 6) is -0.945. The highest BCUT2D eigenvalue weighted by Crippen LogP contribution is 2.18. The van der Waals surface area contributed by atoms with Gasteiger partial charge in [0.25, 0.3) is 0 Å². The Bertz CT molecular complexity index is 808. The Morgan fingerprint density at radius 1 is 1.20 bits per heavy atom. The van der Waals surface area contributed by atoms with Gasteiger partial charge < -0.3 is 5.11 Å². The summed E-state index contributed by atoms with van der Waals surface area (Å²) in [4.78, 5) is 19.3. The normalized spacial score (nSPS) is 11.2. The molecule has 0 amide bonds. The van der Waals surface area contributed by atoms with Gasteiger partial charge in [-0.2, -0.15) is 0 Å². The zero-order chi connectivity index (χ0) is 13.9. The minimum Gasteiger partial charge on any atom is -0.477 e. The van der Waals surface area contributed by atoms with Gasteiger partial charge in [-0.05, 0) is 29.8 Å². The van der Waals surface area contributed by atoms with E-state index in [-0.39, 0.29) is 4.88 Å². The minimum absolute atomic E-state index is 0.243. The van der Waals surface area contributed by atoms with Gasteiger partial charge in [0.2, 0.25) is 0 Å². The standard InChI is InChI=1S/C15H10N2O2S/c18-15(19)13-9-17-14(20-13)6-4-10-3-5-12-11(8-10)2-1-7-16-12/h1-9H,(H,18,19)/b6-4+. The topological polar surface area (TPSA) is 63.1 Å². The maximum Gasteiger partial charge on any atom is 0.347 e. The average Bonchev–Trinajstić information content (AvgIpc) is 2.94. The summed E-state index contributed by atoms with van der Waals surface area (Å²) in [7, 11) is 0. The molecule has 2 heterocycles. The quantitative estimate of drug-likeness (QED) is 0.797. The molecule has 0 bridgehead atoms. The van der Waals surface area contributed by atoms with Gasteiger partial charge in [0, 0.05) is 11.6 Å². The molecule has 0 saturated heterocycles. The Morgan fingerprint density at radius 2 is 2.10 bits per heavy atom. The van der Waals surface area contributed by atoms with Crippen LogP contribution in [-0.4, -0.2) is 21.0 Å². The summed E-state index contributed by atoms with van der Waals surface area (Å²) in [5.41, 5.74) is 1.98. The Hall–Kier alpha value is -2.53. The number of hydrogen-bond donors (Lipinski definition) is 1. The maximum atomic E-state index is 10.8. The van der Waals surface area contributed by atoms with Crippen LogP contribution in [0.1, 0.15) is 20.2 Å². The first kappa shape index (κ1) is 12.5. The van der Waals surface area contributed by atoms with E-state index in [9.17, 15) is 4.79 Å². The number of hydrogen-bond acceptors (Lipinski definition) is 4. The number of aromatic nitrogens is 2. The maximum absolute atomic E-state index is 10.8. The van der Waals surface area contributed by atoms with E-state index in [1.54, 1.807) is 6.20 Å². The van der Waals surface area contributed by atoms with Crippen molar-refractivity contribution in [2.24, 2.45) is 0 Å². The smallest absolute Gasteiger partial charge is 0.347 e. The summed E-state index contributed by atoms with van der Waals surface area (Å²) in [5, 5.41) is 10.6. The third kappa shape index (κ3) is 2.57. The van der Waals surface area contributed by atoms with Crippen LogP contribution >= 0.6 is 11.3 Å². The Morgan fingerprint density at radius 3 is 2.90 bits per heavy atom. The lowest BCUT2D eigenvalue weighted by Gasteiger charge is -1.97. The van der Waals surface area contributed by atoms with Gasteiger partial charge in [-0.15, -0.1) is 11.3 Å². The number of rotatable bonds is 3. The molecule has 0 unspecified atom stereocenters. The zero-order valence-corrected chi connectivity index (χ0v) is 11.2. The summed E-state index contributed by atoms with van der Waals surface area (Å²) >= 11 is 1.15. The number of carbonyl (C=O) groups is 1. The molecule has 2 aromatic heterocycles. The number of carboxylic acids is 1. The lowest BCUT2D eigenvalue weighted by Crippen LogP contribution is -1.89. The van der Waals surface area contributed by atoms with Crippen molar-refractivity contribution in [3.63, 3.8) is 0 Å². The lowest BCUT2D eigenvalue weighted by atomic mass is 10.1. The van der Waals surface area contributed by atoms with Crippen LogP contribution < -0.4 is 0 Å². The molecule has 0 radical (unpaired) electrons. The molecule has 0 aliphatic rings. The van der Waals surface area contributed by atoms with Crippen molar-refractivity contribution in [2.75, 3.05) is 0 Å². The van der Waals surface area contributed by atoms with Crippen molar-refractivity contribution >= 4 is 40.4 Å². The Labute approximate surface area is 119 Å². The van der Waals surface area contributed by atoms with Gasteiger partial charge in [-0.1, -0.05) is 18.2 Å². The molecule has 0 aliphatic heterocycles. The average molecular weight is 282 g/mol. The monoisotopic (exact) mass is 282 g/mol. The summed E-state index contributed by atoms with van der Waals surface area (Å²) < 4.78 is 0. The van der Waals surface area contributed by atoms with Gasteiger partial charge in [-0.25, -0.2) is 9.78 Å². The molecular formula is C15H10N2O2S. The second-order valence-electron chi connectivity index (χ2n) is 4.16. The van der Waals surface area contributed by atoms with E-state index in [0.717, 1.165) is 27.8 Å². The molecule has 5 heteroatoms. The summed E-state index contributed by atoms with van der Waals surface area (Å²) in [6.45, 7) is 0. The first-order valence-electron chi connectivity index (χ1n) is 5.94. The van der Waals surface area contributed by atoms with Crippen LogP contribution in [0.15, 0.2) is 42.7 Å². The van der Waals surface area contributed by atoms with Crippen molar-refractivity contribution in [1.29, 1.82) is 0 Å². The minimum atomic E-state index is -0.945. The molecule has 0 aliphatic carbocycles.